The molecule has 1 amide bonds. The zero-order valence-electron chi connectivity index (χ0n) is 14.4. The van der Waals surface area contributed by atoms with Crippen LogP contribution in [0.15, 0.2) is 6.20 Å². The summed E-state index contributed by atoms with van der Waals surface area (Å²) < 4.78 is 7.03. The topological polar surface area (TPSA) is 63.5 Å². The summed E-state index contributed by atoms with van der Waals surface area (Å²) in [5.74, 6) is 1.16. The van der Waals surface area contributed by atoms with Gasteiger partial charge in [-0.3, -0.25) is 14.4 Å². The Hall–Kier alpha value is -1.47. The van der Waals surface area contributed by atoms with Gasteiger partial charge in [0.2, 0.25) is 5.91 Å². The quantitative estimate of drug-likeness (QED) is 0.796. The maximum absolute atomic E-state index is 12.8. The molecular weight excluding hydrogens is 306 g/mol. The molecule has 1 aromatic rings. The monoisotopic (exact) mass is 333 g/mol. The highest BCUT2D eigenvalue weighted by Crippen LogP contribution is 2.38. The second-order valence-electron chi connectivity index (χ2n) is 7.44. The Morgan fingerprint density at radius 1 is 1.33 bits per heavy atom. The van der Waals surface area contributed by atoms with Crippen molar-refractivity contribution < 1.29 is 9.53 Å². The summed E-state index contributed by atoms with van der Waals surface area (Å²) in [5.41, 5.74) is 0.871. The molecule has 0 aliphatic carbocycles. The summed E-state index contributed by atoms with van der Waals surface area (Å²) in [5, 5.41) is 8.35. The number of carbonyl (C=O) groups is 1. The first-order valence-electron chi connectivity index (χ1n) is 9.15. The molecule has 7 heteroatoms. The summed E-state index contributed by atoms with van der Waals surface area (Å²) >= 11 is 0. The molecule has 4 atom stereocenters. The van der Waals surface area contributed by atoms with Gasteiger partial charge in [0, 0.05) is 32.8 Å². The number of carbonyl (C=O) groups excluding carboxylic acids is 1. The molecule has 0 N–H and O–H groups in total. The van der Waals surface area contributed by atoms with E-state index in [-0.39, 0.29) is 5.92 Å². The van der Waals surface area contributed by atoms with Gasteiger partial charge in [-0.2, -0.15) is 0 Å². The van der Waals surface area contributed by atoms with Crippen LogP contribution in [0.1, 0.15) is 31.4 Å². The van der Waals surface area contributed by atoms with Crippen LogP contribution < -0.4 is 0 Å². The van der Waals surface area contributed by atoms with Gasteiger partial charge in [0.05, 0.1) is 25.3 Å². The molecule has 7 nitrogen and oxygen atoms in total. The van der Waals surface area contributed by atoms with Crippen molar-refractivity contribution in [1.82, 2.24) is 24.8 Å². The summed E-state index contributed by atoms with van der Waals surface area (Å²) in [6.07, 6.45) is 6.58. The average Bonchev–Trinajstić information content (AvgIpc) is 3.27. The van der Waals surface area contributed by atoms with Crippen LogP contribution >= 0.6 is 0 Å². The molecule has 4 aliphatic rings. The van der Waals surface area contributed by atoms with Crippen molar-refractivity contribution in [2.24, 2.45) is 11.8 Å². The molecule has 2 bridgehead atoms. The van der Waals surface area contributed by atoms with E-state index in [9.17, 15) is 4.79 Å². The minimum absolute atomic E-state index is 0.216. The second kappa shape index (κ2) is 6.80. The van der Waals surface area contributed by atoms with Crippen LogP contribution in [-0.2, 0) is 22.7 Å². The fourth-order valence-electron chi connectivity index (χ4n) is 4.64. The summed E-state index contributed by atoms with van der Waals surface area (Å²) in [4.78, 5) is 17.4. The van der Waals surface area contributed by atoms with Gasteiger partial charge < -0.3 is 9.64 Å². The predicted molar refractivity (Wildman–Crippen MR) is 88.1 cm³/mol. The Kier molecular flexibility index (Phi) is 4.54. The number of aromatic nitrogens is 3. The van der Waals surface area contributed by atoms with Crippen LogP contribution in [0, 0.1) is 11.8 Å². The van der Waals surface area contributed by atoms with E-state index in [1.54, 1.807) is 7.11 Å². The van der Waals surface area contributed by atoms with Crippen molar-refractivity contribution in [3.8, 4) is 0 Å². The molecule has 5 rings (SSSR count). The average molecular weight is 333 g/mol. The van der Waals surface area contributed by atoms with E-state index < -0.39 is 0 Å². The lowest BCUT2D eigenvalue weighted by molar-refractivity contribution is -0.142. The van der Waals surface area contributed by atoms with E-state index in [4.69, 9.17) is 4.74 Å². The van der Waals surface area contributed by atoms with Gasteiger partial charge in [-0.1, -0.05) is 5.21 Å². The molecule has 0 saturated carbocycles. The number of hydrogen-bond acceptors (Lipinski definition) is 5. The van der Waals surface area contributed by atoms with Gasteiger partial charge in [0.1, 0.15) is 5.69 Å². The van der Waals surface area contributed by atoms with Crippen LogP contribution in [0.5, 0.6) is 0 Å². The highest BCUT2D eigenvalue weighted by atomic mass is 16.5. The minimum Gasteiger partial charge on any atom is -0.378 e. The molecule has 24 heavy (non-hydrogen) atoms. The zero-order chi connectivity index (χ0) is 16.5. The molecular formula is C17H27N5O2. The molecule has 132 valence electrons. The number of piperidine rings is 3. The molecule has 4 saturated heterocycles. The predicted octanol–water partition coefficient (Wildman–Crippen LogP) is 0.757. The first-order valence-corrected chi connectivity index (χ1v) is 9.15. The number of rotatable bonds is 5. The number of ether oxygens (including phenoxy) is 1. The molecule has 0 radical (unpaired) electrons. The molecule has 4 fully saturated rings. The third-order valence-electron chi connectivity index (χ3n) is 5.89. The molecule has 5 heterocycles. The van der Waals surface area contributed by atoms with Crippen LogP contribution in [0.25, 0.3) is 0 Å². The van der Waals surface area contributed by atoms with Gasteiger partial charge >= 0.3 is 0 Å². The largest absolute Gasteiger partial charge is 0.378 e. The number of amides is 1. The van der Waals surface area contributed by atoms with Crippen molar-refractivity contribution in [2.45, 2.75) is 44.9 Å². The van der Waals surface area contributed by atoms with Gasteiger partial charge in [-0.15, -0.1) is 5.10 Å². The number of methoxy groups -OCH3 is 1. The molecule has 0 spiro atoms. The lowest BCUT2D eigenvalue weighted by Gasteiger charge is -2.49. The lowest BCUT2D eigenvalue weighted by Crippen LogP contribution is -2.58. The smallest absolute Gasteiger partial charge is 0.227 e. The molecule has 4 aliphatic heterocycles. The highest BCUT2D eigenvalue weighted by Gasteiger charge is 2.44. The number of likely N-dealkylation sites (tertiary alicyclic amines) is 1. The molecule has 1 unspecified atom stereocenters. The Morgan fingerprint density at radius 2 is 2.17 bits per heavy atom. The Balaban J connectivity index is 1.38. The summed E-state index contributed by atoms with van der Waals surface area (Å²) in [7, 11) is 1.67. The highest BCUT2D eigenvalue weighted by molar-refractivity contribution is 5.80. The van der Waals surface area contributed by atoms with Gasteiger partial charge in [-0.05, 0) is 38.1 Å². The number of hydrogen-bond donors (Lipinski definition) is 0. The Morgan fingerprint density at radius 3 is 2.88 bits per heavy atom. The van der Waals surface area contributed by atoms with E-state index in [0.29, 0.717) is 24.5 Å². The van der Waals surface area contributed by atoms with Crippen molar-refractivity contribution >= 4 is 5.91 Å². The third-order valence-corrected chi connectivity index (χ3v) is 5.89. The maximum Gasteiger partial charge on any atom is 0.227 e. The van der Waals surface area contributed by atoms with E-state index >= 15 is 0 Å². The van der Waals surface area contributed by atoms with Crippen molar-refractivity contribution in [2.75, 3.05) is 33.3 Å². The second-order valence-corrected chi connectivity index (χ2v) is 7.44. The summed E-state index contributed by atoms with van der Waals surface area (Å²) in [6.45, 7) is 5.32. The molecule has 0 aromatic carbocycles. The number of fused-ring (bicyclic) bond motifs is 3. The van der Waals surface area contributed by atoms with Crippen LogP contribution in [0.4, 0.5) is 0 Å². The van der Waals surface area contributed by atoms with E-state index in [1.807, 2.05) is 10.9 Å². The SMILES string of the molecule is COCc1cn(C[C@H]2C[C@@H]3CCN2C[C@@H]3C(=O)N2CCCC2)nn1. The van der Waals surface area contributed by atoms with Gasteiger partial charge in [-0.25, -0.2) is 0 Å². The van der Waals surface area contributed by atoms with Crippen LogP contribution in [-0.4, -0.2) is 70.0 Å². The van der Waals surface area contributed by atoms with Crippen molar-refractivity contribution in [3.63, 3.8) is 0 Å². The van der Waals surface area contributed by atoms with Crippen LogP contribution in [0.2, 0.25) is 0 Å². The van der Waals surface area contributed by atoms with Gasteiger partial charge in [0.25, 0.3) is 0 Å². The fourth-order valence-corrected chi connectivity index (χ4v) is 4.64. The first kappa shape index (κ1) is 16.0. The third kappa shape index (κ3) is 3.07. The van der Waals surface area contributed by atoms with E-state index in [0.717, 1.165) is 51.3 Å². The van der Waals surface area contributed by atoms with Crippen molar-refractivity contribution in [1.29, 1.82) is 0 Å². The first-order chi connectivity index (χ1) is 11.7. The molecule has 1 aromatic heterocycles. The zero-order valence-corrected chi connectivity index (χ0v) is 14.4. The Bertz CT molecular complexity index is 583. The minimum atomic E-state index is 0.216. The standard InChI is InChI=1S/C17H27N5O2/c1-24-12-14-9-22(19-18-14)10-15-8-13-4-7-21(15)11-16(13)17(23)20-5-2-3-6-20/h9,13,15-16H,2-8,10-12H2,1H3/t13-,15+,16-/m0/s1. The fraction of sp³-hybridized carbons (Fsp3) is 0.824. The van der Waals surface area contributed by atoms with Crippen LogP contribution in [0.3, 0.4) is 0 Å². The van der Waals surface area contributed by atoms with E-state index in [2.05, 4.69) is 20.1 Å². The maximum atomic E-state index is 12.8. The number of nitrogens with zero attached hydrogens (tertiary/aromatic N) is 5. The summed E-state index contributed by atoms with van der Waals surface area (Å²) in [6, 6.07) is 0.475. The van der Waals surface area contributed by atoms with E-state index in [1.165, 1.54) is 12.8 Å². The lowest BCUT2D eigenvalue weighted by atomic mass is 9.75. The van der Waals surface area contributed by atoms with Crippen molar-refractivity contribution in [3.05, 3.63) is 11.9 Å². The Labute approximate surface area is 142 Å². The normalized spacial score (nSPS) is 32.5. The van der Waals surface area contributed by atoms with Gasteiger partial charge in [0.15, 0.2) is 0 Å².